The molecule has 1 aromatic heterocycles. The Morgan fingerprint density at radius 1 is 1.18 bits per heavy atom. The van der Waals surface area contributed by atoms with Gasteiger partial charge in [-0.15, -0.1) is 11.3 Å². The molecular weight excluding hydrogens is 426 g/mol. The molecule has 150 valence electrons. The number of rotatable bonds is 7. The SMILES string of the molecule is COc1ccc(C(=O)OCC(=O)c2ccc(Cl)s2)cc1S(=O)(=O)N1CCCC1. The van der Waals surface area contributed by atoms with Crippen molar-refractivity contribution >= 4 is 44.7 Å². The first kappa shape index (κ1) is 20.8. The fourth-order valence-electron chi connectivity index (χ4n) is 2.82. The molecule has 28 heavy (non-hydrogen) atoms. The molecule has 0 spiro atoms. The van der Waals surface area contributed by atoms with Crippen molar-refractivity contribution in [3.8, 4) is 5.75 Å². The van der Waals surface area contributed by atoms with Crippen LogP contribution < -0.4 is 4.74 Å². The van der Waals surface area contributed by atoms with Crippen LogP contribution in [0.3, 0.4) is 0 Å². The summed E-state index contributed by atoms with van der Waals surface area (Å²) >= 11 is 6.88. The highest BCUT2D eigenvalue weighted by Crippen LogP contribution is 2.30. The van der Waals surface area contributed by atoms with E-state index in [2.05, 4.69) is 0 Å². The average Bonchev–Trinajstić information content (AvgIpc) is 3.37. The van der Waals surface area contributed by atoms with E-state index in [0.29, 0.717) is 22.3 Å². The Morgan fingerprint density at radius 2 is 1.89 bits per heavy atom. The lowest BCUT2D eigenvalue weighted by Crippen LogP contribution is -2.28. The number of esters is 1. The second-order valence-electron chi connectivity index (χ2n) is 6.08. The number of Topliss-reactive ketones (excluding diaryl/α,β-unsaturated/α-hetero) is 1. The largest absolute Gasteiger partial charge is 0.495 e. The zero-order valence-corrected chi connectivity index (χ0v) is 17.4. The van der Waals surface area contributed by atoms with E-state index in [1.54, 1.807) is 12.1 Å². The van der Waals surface area contributed by atoms with Gasteiger partial charge in [-0.05, 0) is 43.2 Å². The van der Waals surface area contributed by atoms with E-state index in [4.69, 9.17) is 21.1 Å². The summed E-state index contributed by atoms with van der Waals surface area (Å²) < 4.78 is 37.8. The van der Waals surface area contributed by atoms with E-state index in [1.165, 1.54) is 29.6 Å². The first-order chi connectivity index (χ1) is 13.3. The van der Waals surface area contributed by atoms with Crippen molar-refractivity contribution in [3.63, 3.8) is 0 Å². The minimum atomic E-state index is -3.79. The number of thiophene rings is 1. The van der Waals surface area contributed by atoms with E-state index >= 15 is 0 Å². The summed E-state index contributed by atoms with van der Waals surface area (Å²) in [4.78, 5) is 24.7. The minimum Gasteiger partial charge on any atom is -0.495 e. The summed E-state index contributed by atoms with van der Waals surface area (Å²) in [7, 11) is -2.43. The molecule has 1 aliphatic heterocycles. The smallest absolute Gasteiger partial charge is 0.338 e. The summed E-state index contributed by atoms with van der Waals surface area (Å²) in [6.45, 7) is 0.395. The highest BCUT2D eigenvalue weighted by molar-refractivity contribution is 7.89. The number of benzene rings is 1. The maximum absolute atomic E-state index is 12.9. The number of sulfonamides is 1. The van der Waals surface area contributed by atoms with Crippen LogP contribution in [0.2, 0.25) is 4.34 Å². The van der Waals surface area contributed by atoms with Gasteiger partial charge < -0.3 is 9.47 Å². The van der Waals surface area contributed by atoms with Gasteiger partial charge >= 0.3 is 5.97 Å². The number of ketones is 1. The van der Waals surface area contributed by atoms with Crippen molar-refractivity contribution in [3.05, 3.63) is 45.1 Å². The molecule has 0 saturated carbocycles. The molecule has 0 radical (unpaired) electrons. The van der Waals surface area contributed by atoms with Crippen LogP contribution in [0.15, 0.2) is 35.2 Å². The molecule has 1 aromatic carbocycles. The Labute approximate surface area is 171 Å². The molecule has 2 heterocycles. The number of carbonyl (C=O) groups is 2. The quantitative estimate of drug-likeness (QED) is 0.482. The van der Waals surface area contributed by atoms with Gasteiger partial charge in [0.05, 0.1) is 21.9 Å². The van der Waals surface area contributed by atoms with Gasteiger partial charge in [-0.1, -0.05) is 11.6 Å². The van der Waals surface area contributed by atoms with Gasteiger partial charge in [0.25, 0.3) is 0 Å². The normalized spacial score (nSPS) is 14.8. The standard InChI is InChI=1S/C18H18ClNO6S2/c1-25-14-5-4-12(10-16(14)28(23,24)20-8-2-3-9-20)18(22)26-11-13(21)15-6-7-17(19)27-15/h4-7,10H,2-3,8-9,11H2,1H3. The molecule has 0 unspecified atom stereocenters. The van der Waals surface area contributed by atoms with Crippen LogP contribution >= 0.6 is 22.9 Å². The van der Waals surface area contributed by atoms with Crippen LogP contribution in [-0.2, 0) is 14.8 Å². The Morgan fingerprint density at radius 3 is 2.50 bits per heavy atom. The molecule has 0 atom stereocenters. The van der Waals surface area contributed by atoms with Gasteiger partial charge in [-0.3, -0.25) is 4.79 Å². The summed E-state index contributed by atoms with van der Waals surface area (Å²) in [5, 5.41) is 0. The molecule has 1 aliphatic rings. The van der Waals surface area contributed by atoms with Gasteiger partial charge in [0, 0.05) is 13.1 Å². The number of halogens is 1. The topological polar surface area (TPSA) is 90.0 Å². The second kappa shape index (κ2) is 8.60. The lowest BCUT2D eigenvalue weighted by molar-refractivity contribution is 0.0475. The molecule has 3 rings (SSSR count). The number of methoxy groups -OCH3 is 1. The molecule has 1 saturated heterocycles. The zero-order chi connectivity index (χ0) is 20.3. The van der Waals surface area contributed by atoms with E-state index in [-0.39, 0.29) is 22.0 Å². The number of nitrogens with zero attached hydrogens (tertiary/aromatic N) is 1. The lowest BCUT2D eigenvalue weighted by Gasteiger charge is -2.18. The molecule has 0 amide bonds. The third-order valence-corrected chi connectivity index (χ3v) is 7.46. The van der Waals surface area contributed by atoms with Gasteiger partial charge in [0.2, 0.25) is 15.8 Å². The van der Waals surface area contributed by atoms with E-state index in [9.17, 15) is 18.0 Å². The number of ether oxygens (including phenoxy) is 2. The summed E-state index contributed by atoms with van der Waals surface area (Å²) in [5.41, 5.74) is 0.0237. The van der Waals surface area contributed by atoms with Crippen LogP contribution in [0.1, 0.15) is 32.9 Å². The van der Waals surface area contributed by atoms with Gasteiger partial charge in [-0.25, -0.2) is 13.2 Å². The highest BCUT2D eigenvalue weighted by Gasteiger charge is 2.31. The Kier molecular flexibility index (Phi) is 6.39. The number of carbonyl (C=O) groups excluding carboxylic acids is 2. The monoisotopic (exact) mass is 443 g/mol. The van der Waals surface area contributed by atoms with Gasteiger partial charge in [0.1, 0.15) is 10.6 Å². The third-order valence-electron chi connectivity index (χ3n) is 4.26. The van der Waals surface area contributed by atoms with Crippen LogP contribution in [0, 0.1) is 0 Å². The molecule has 0 N–H and O–H groups in total. The van der Waals surface area contributed by atoms with E-state index < -0.39 is 22.6 Å². The van der Waals surface area contributed by atoms with Crippen molar-refractivity contribution in [2.45, 2.75) is 17.7 Å². The fourth-order valence-corrected chi connectivity index (χ4v) is 5.49. The molecule has 2 aromatic rings. The molecular formula is C18H18ClNO6S2. The summed E-state index contributed by atoms with van der Waals surface area (Å²) in [6.07, 6.45) is 1.58. The first-order valence-electron chi connectivity index (χ1n) is 8.47. The third kappa shape index (κ3) is 4.38. The predicted molar refractivity (Wildman–Crippen MR) is 105 cm³/mol. The first-order valence-corrected chi connectivity index (χ1v) is 11.1. The van der Waals surface area contributed by atoms with Crippen molar-refractivity contribution in [1.82, 2.24) is 4.31 Å². The Balaban J connectivity index is 1.78. The Hall–Kier alpha value is -1.94. The maximum atomic E-state index is 12.9. The number of hydrogen-bond acceptors (Lipinski definition) is 7. The predicted octanol–water partition coefficient (Wildman–Crippen LogP) is 3.23. The molecule has 7 nitrogen and oxygen atoms in total. The van der Waals surface area contributed by atoms with E-state index in [0.717, 1.165) is 24.2 Å². The minimum absolute atomic E-state index is 0.0237. The fraction of sp³-hybridized carbons (Fsp3) is 0.333. The second-order valence-corrected chi connectivity index (χ2v) is 9.70. The molecule has 1 fully saturated rings. The van der Waals surface area contributed by atoms with E-state index in [1.807, 2.05) is 0 Å². The van der Waals surface area contributed by atoms with Crippen LogP contribution in [-0.4, -0.2) is 51.3 Å². The van der Waals surface area contributed by atoms with Crippen LogP contribution in [0.25, 0.3) is 0 Å². The van der Waals surface area contributed by atoms with Crippen molar-refractivity contribution in [1.29, 1.82) is 0 Å². The Bertz CT molecular complexity index is 995. The summed E-state index contributed by atoms with van der Waals surface area (Å²) in [5.74, 6) is -1.03. The molecule has 0 bridgehead atoms. The van der Waals surface area contributed by atoms with Gasteiger partial charge in [-0.2, -0.15) is 4.31 Å². The van der Waals surface area contributed by atoms with Crippen molar-refractivity contribution in [2.24, 2.45) is 0 Å². The maximum Gasteiger partial charge on any atom is 0.338 e. The average molecular weight is 444 g/mol. The van der Waals surface area contributed by atoms with Crippen molar-refractivity contribution in [2.75, 3.05) is 26.8 Å². The van der Waals surface area contributed by atoms with Gasteiger partial charge in [0.15, 0.2) is 6.61 Å². The summed E-state index contributed by atoms with van der Waals surface area (Å²) in [6, 6.07) is 7.16. The lowest BCUT2D eigenvalue weighted by atomic mass is 10.2. The van der Waals surface area contributed by atoms with Crippen molar-refractivity contribution < 1.29 is 27.5 Å². The molecule has 10 heteroatoms. The zero-order valence-electron chi connectivity index (χ0n) is 15.0. The van der Waals surface area contributed by atoms with Crippen LogP contribution in [0.5, 0.6) is 5.75 Å². The van der Waals surface area contributed by atoms with Crippen LogP contribution in [0.4, 0.5) is 0 Å². The highest BCUT2D eigenvalue weighted by atomic mass is 35.5. The number of hydrogen-bond donors (Lipinski definition) is 0. The molecule has 0 aliphatic carbocycles.